The molecule has 0 aliphatic carbocycles. The van der Waals surface area contributed by atoms with Gasteiger partial charge in [0.1, 0.15) is 5.69 Å². The van der Waals surface area contributed by atoms with Crippen molar-refractivity contribution in [3.8, 4) is 0 Å². The third-order valence-electron chi connectivity index (χ3n) is 4.57. The molecule has 1 aromatic carbocycles. The fraction of sp³-hybridized carbons (Fsp3) is 0.444. The third kappa shape index (κ3) is 3.62. The molecule has 1 fully saturated rings. The van der Waals surface area contributed by atoms with Gasteiger partial charge in [0.15, 0.2) is 0 Å². The van der Waals surface area contributed by atoms with Crippen LogP contribution in [0.4, 0.5) is 0 Å². The maximum Gasteiger partial charge on any atom is 0.273 e. The highest BCUT2D eigenvalue weighted by Gasteiger charge is 2.36. The van der Waals surface area contributed by atoms with Crippen molar-refractivity contribution >= 4 is 17.2 Å². The second-order valence-corrected chi connectivity index (χ2v) is 7.84. The van der Waals surface area contributed by atoms with Gasteiger partial charge in [0, 0.05) is 30.9 Å². The minimum atomic E-state index is -0.0448. The van der Waals surface area contributed by atoms with Gasteiger partial charge >= 0.3 is 0 Å². The molecule has 1 aliphatic rings. The lowest BCUT2D eigenvalue weighted by atomic mass is 9.79. The van der Waals surface area contributed by atoms with E-state index in [1.807, 2.05) is 28.5 Å². The fourth-order valence-corrected chi connectivity index (χ4v) is 3.77. The highest BCUT2D eigenvalue weighted by molar-refractivity contribution is 7.09. The topological polar surface area (TPSA) is 59.2 Å². The van der Waals surface area contributed by atoms with Crippen molar-refractivity contribution in [2.45, 2.75) is 32.7 Å². The van der Waals surface area contributed by atoms with Crippen molar-refractivity contribution in [1.29, 1.82) is 0 Å². The lowest BCUT2D eigenvalue weighted by Crippen LogP contribution is -2.54. The van der Waals surface area contributed by atoms with Gasteiger partial charge in [0.25, 0.3) is 5.91 Å². The van der Waals surface area contributed by atoms with Crippen molar-refractivity contribution in [1.82, 2.24) is 9.88 Å². The molecule has 0 radical (unpaired) electrons. The summed E-state index contributed by atoms with van der Waals surface area (Å²) < 4.78 is 0. The fourth-order valence-electron chi connectivity index (χ4n) is 2.97. The van der Waals surface area contributed by atoms with E-state index >= 15 is 0 Å². The van der Waals surface area contributed by atoms with Crippen LogP contribution in [0, 0.1) is 5.41 Å². The molecule has 2 heterocycles. The van der Waals surface area contributed by atoms with Crippen molar-refractivity contribution in [3.05, 3.63) is 52.0 Å². The lowest BCUT2D eigenvalue weighted by Gasteiger charge is -2.42. The van der Waals surface area contributed by atoms with Crippen LogP contribution in [0.1, 0.15) is 41.3 Å². The maximum atomic E-state index is 12.7. The standard InChI is InChI=1S/C18H23N3OS/c1-18(2)12-21(9-8-15(18)19)17(22)14-11-23-16(20-14)10-13-6-4-3-5-7-13/h3-7,11,15H,8-10,12,19H2,1-2H3. The van der Waals surface area contributed by atoms with Crippen LogP contribution in [-0.4, -0.2) is 34.9 Å². The zero-order valence-corrected chi connectivity index (χ0v) is 14.5. The molecular formula is C18H23N3OS. The van der Waals surface area contributed by atoms with Gasteiger partial charge in [-0.15, -0.1) is 11.3 Å². The summed E-state index contributed by atoms with van der Waals surface area (Å²) in [5, 5.41) is 2.86. The van der Waals surface area contributed by atoms with E-state index in [9.17, 15) is 4.79 Å². The van der Waals surface area contributed by atoms with Gasteiger partial charge in [-0.05, 0) is 17.4 Å². The molecule has 1 unspecified atom stereocenters. The zero-order chi connectivity index (χ0) is 16.4. The first kappa shape index (κ1) is 16.1. The number of piperidine rings is 1. The molecule has 0 spiro atoms. The number of likely N-dealkylation sites (tertiary alicyclic amines) is 1. The Balaban J connectivity index is 1.69. The molecule has 2 N–H and O–H groups in total. The number of rotatable bonds is 3. The monoisotopic (exact) mass is 329 g/mol. The van der Waals surface area contributed by atoms with E-state index in [-0.39, 0.29) is 17.4 Å². The SMILES string of the molecule is CC1(C)CN(C(=O)c2csc(Cc3ccccc3)n2)CCC1N. The molecular weight excluding hydrogens is 306 g/mol. The quantitative estimate of drug-likeness (QED) is 0.942. The van der Waals surface area contributed by atoms with E-state index in [4.69, 9.17) is 5.73 Å². The van der Waals surface area contributed by atoms with Crippen molar-refractivity contribution in [2.75, 3.05) is 13.1 Å². The number of nitrogens with zero attached hydrogens (tertiary/aromatic N) is 2. The van der Waals surface area contributed by atoms with Gasteiger partial charge in [-0.1, -0.05) is 44.2 Å². The molecule has 1 aliphatic heterocycles. The van der Waals surface area contributed by atoms with Gasteiger partial charge in [-0.3, -0.25) is 4.79 Å². The number of hydrogen-bond acceptors (Lipinski definition) is 4. The van der Waals surface area contributed by atoms with Crippen molar-refractivity contribution in [3.63, 3.8) is 0 Å². The molecule has 2 aromatic rings. The normalized spacial score (nSPS) is 20.5. The summed E-state index contributed by atoms with van der Waals surface area (Å²) in [5.74, 6) is 0.0283. The van der Waals surface area contributed by atoms with Gasteiger partial charge in [-0.25, -0.2) is 4.98 Å². The summed E-state index contributed by atoms with van der Waals surface area (Å²) in [7, 11) is 0. The van der Waals surface area contributed by atoms with Crippen LogP contribution in [0.5, 0.6) is 0 Å². The van der Waals surface area contributed by atoms with Gasteiger partial charge in [0.05, 0.1) is 5.01 Å². The molecule has 1 amide bonds. The van der Waals surface area contributed by atoms with Crippen molar-refractivity contribution in [2.24, 2.45) is 11.1 Å². The van der Waals surface area contributed by atoms with Crippen LogP contribution in [0.2, 0.25) is 0 Å². The first-order valence-electron chi connectivity index (χ1n) is 7.99. The summed E-state index contributed by atoms with van der Waals surface area (Å²) >= 11 is 1.55. The second kappa shape index (κ2) is 6.42. The number of carbonyl (C=O) groups is 1. The number of benzene rings is 1. The molecule has 23 heavy (non-hydrogen) atoms. The number of hydrogen-bond donors (Lipinski definition) is 1. The molecule has 1 saturated heterocycles. The highest BCUT2D eigenvalue weighted by atomic mass is 32.1. The molecule has 5 heteroatoms. The summed E-state index contributed by atoms with van der Waals surface area (Å²) in [5.41, 5.74) is 7.88. The smallest absolute Gasteiger partial charge is 0.273 e. The summed E-state index contributed by atoms with van der Waals surface area (Å²) in [6.45, 7) is 5.66. The number of carbonyl (C=O) groups excluding carboxylic acids is 1. The van der Waals surface area contributed by atoms with Gasteiger partial charge < -0.3 is 10.6 Å². The average Bonchev–Trinajstić information content (AvgIpc) is 2.98. The Hall–Kier alpha value is -1.72. The van der Waals surface area contributed by atoms with E-state index < -0.39 is 0 Å². The van der Waals surface area contributed by atoms with E-state index in [1.165, 1.54) is 5.56 Å². The maximum absolute atomic E-state index is 12.7. The summed E-state index contributed by atoms with van der Waals surface area (Å²) in [6, 6.07) is 10.4. The Kier molecular flexibility index (Phi) is 4.50. The number of amides is 1. The van der Waals surface area contributed by atoms with Gasteiger partial charge in [-0.2, -0.15) is 0 Å². The predicted octanol–water partition coefficient (Wildman–Crippen LogP) is 2.93. The summed E-state index contributed by atoms with van der Waals surface area (Å²) in [6.07, 6.45) is 1.62. The molecule has 1 aromatic heterocycles. The van der Waals surface area contributed by atoms with E-state index in [2.05, 4.69) is 31.0 Å². The van der Waals surface area contributed by atoms with Gasteiger partial charge in [0.2, 0.25) is 0 Å². The molecule has 3 rings (SSSR count). The molecule has 1 atom stereocenters. The van der Waals surface area contributed by atoms with Crippen LogP contribution in [0.15, 0.2) is 35.7 Å². The van der Waals surface area contributed by atoms with E-state index in [1.54, 1.807) is 11.3 Å². The largest absolute Gasteiger partial charge is 0.337 e. The average molecular weight is 329 g/mol. The second-order valence-electron chi connectivity index (χ2n) is 6.90. The van der Waals surface area contributed by atoms with Crippen LogP contribution in [-0.2, 0) is 6.42 Å². The minimum Gasteiger partial charge on any atom is -0.337 e. The van der Waals surface area contributed by atoms with Crippen LogP contribution < -0.4 is 5.73 Å². The lowest BCUT2D eigenvalue weighted by molar-refractivity contribution is 0.0528. The minimum absolute atomic E-state index is 0.0283. The number of nitrogens with two attached hydrogens (primary N) is 1. The Morgan fingerprint density at radius 3 is 2.83 bits per heavy atom. The number of thiazole rings is 1. The first-order valence-corrected chi connectivity index (χ1v) is 8.87. The molecule has 4 nitrogen and oxygen atoms in total. The van der Waals surface area contributed by atoms with Crippen LogP contribution in [0.3, 0.4) is 0 Å². The van der Waals surface area contributed by atoms with Crippen LogP contribution in [0.25, 0.3) is 0 Å². The van der Waals surface area contributed by atoms with E-state index in [0.717, 1.165) is 24.4 Å². The Morgan fingerprint density at radius 2 is 2.13 bits per heavy atom. The van der Waals surface area contributed by atoms with E-state index in [0.29, 0.717) is 12.2 Å². The molecule has 122 valence electrons. The summed E-state index contributed by atoms with van der Waals surface area (Å²) in [4.78, 5) is 19.1. The molecule has 0 bridgehead atoms. The van der Waals surface area contributed by atoms with Crippen molar-refractivity contribution < 1.29 is 4.79 Å². The Morgan fingerprint density at radius 1 is 1.39 bits per heavy atom. The number of aromatic nitrogens is 1. The first-order chi connectivity index (χ1) is 11.0. The van der Waals surface area contributed by atoms with Crippen LogP contribution >= 0.6 is 11.3 Å². The Labute approximate surface area is 141 Å². The Bertz CT molecular complexity index is 681. The molecule has 0 saturated carbocycles. The predicted molar refractivity (Wildman–Crippen MR) is 93.6 cm³/mol. The third-order valence-corrected chi connectivity index (χ3v) is 5.42. The highest BCUT2D eigenvalue weighted by Crippen LogP contribution is 2.28. The zero-order valence-electron chi connectivity index (χ0n) is 13.7.